The topological polar surface area (TPSA) is 33.0 Å². The summed E-state index contributed by atoms with van der Waals surface area (Å²) in [5, 5.41) is 2.83. The fraction of sp³-hybridized carbons (Fsp3) is 0.250. The summed E-state index contributed by atoms with van der Waals surface area (Å²) in [6.45, 7) is 3.10. The Morgan fingerprint density at radius 3 is 2.45 bits per heavy atom. The highest BCUT2D eigenvalue weighted by molar-refractivity contribution is 5.75. The van der Waals surface area contributed by atoms with E-state index in [9.17, 15) is 9.18 Å². The van der Waals surface area contributed by atoms with Crippen molar-refractivity contribution in [2.75, 3.05) is 0 Å². The van der Waals surface area contributed by atoms with Gasteiger partial charge in [0.05, 0.1) is 6.42 Å². The molecule has 4 heteroatoms. The van der Waals surface area contributed by atoms with Crippen LogP contribution in [0.5, 0.6) is 0 Å². The van der Waals surface area contributed by atoms with Gasteiger partial charge in [-0.1, -0.05) is 12.1 Å². The van der Waals surface area contributed by atoms with Crippen molar-refractivity contribution in [3.8, 4) is 0 Å². The molecule has 0 atom stereocenters. The molecule has 0 radical (unpaired) electrons. The van der Waals surface area contributed by atoms with Gasteiger partial charge in [0.2, 0.25) is 5.91 Å². The van der Waals surface area contributed by atoms with E-state index in [-0.39, 0.29) is 11.7 Å². The van der Waals surface area contributed by atoms with Crippen molar-refractivity contribution in [1.82, 2.24) is 5.32 Å². The van der Waals surface area contributed by atoms with Gasteiger partial charge in [0.1, 0.15) is 5.82 Å². The predicted octanol–water partition coefficient (Wildman–Crippen LogP) is 2.13. The van der Waals surface area contributed by atoms with E-state index in [1.807, 2.05) is 36.0 Å². The Kier molecular flexibility index (Phi) is 4.82. The number of rotatable bonds is 5. The second-order valence-electron chi connectivity index (χ2n) is 4.77. The summed E-state index contributed by atoms with van der Waals surface area (Å²) in [6, 6.07) is 10.1. The maximum atomic E-state index is 12.7. The predicted molar refractivity (Wildman–Crippen MR) is 74.2 cm³/mol. The van der Waals surface area contributed by atoms with Gasteiger partial charge in [0.15, 0.2) is 18.9 Å². The molecule has 0 aliphatic carbocycles. The zero-order valence-corrected chi connectivity index (χ0v) is 11.5. The molecule has 0 spiro atoms. The van der Waals surface area contributed by atoms with Crippen LogP contribution in [0.25, 0.3) is 0 Å². The summed E-state index contributed by atoms with van der Waals surface area (Å²) >= 11 is 0. The normalized spacial score (nSPS) is 10.3. The molecule has 1 heterocycles. The third-order valence-corrected chi connectivity index (χ3v) is 3.06. The molecule has 0 aliphatic rings. The average molecular weight is 273 g/mol. The van der Waals surface area contributed by atoms with Gasteiger partial charge in [-0.3, -0.25) is 4.79 Å². The van der Waals surface area contributed by atoms with Gasteiger partial charge in [-0.25, -0.2) is 8.96 Å². The zero-order chi connectivity index (χ0) is 14.4. The number of amides is 1. The molecule has 2 rings (SSSR count). The SMILES string of the molecule is Cc1cc[n+](CCC(=O)NCc2ccc(F)cc2)cc1. The fourth-order valence-electron chi connectivity index (χ4n) is 1.80. The summed E-state index contributed by atoms with van der Waals surface area (Å²) in [5.41, 5.74) is 2.09. The van der Waals surface area contributed by atoms with Gasteiger partial charge in [-0.05, 0) is 30.2 Å². The number of nitrogens with zero attached hydrogens (tertiary/aromatic N) is 1. The number of hydrogen-bond donors (Lipinski definition) is 1. The maximum absolute atomic E-state index is 12.7. The van der Waals surface area contributed by atoms with E-state index < -0.39 is 0 Å². The highest BCUT2D eigenvalue weighted by atomic mass is 19.1. The first kappa shape index (κ1) is 14.2. The monoisotopic (exact) mass is 273 g/mol. The van der Waals surface area contributed by atoms with Gasteiger partial charge in [-0.15, -0.1) is 0 Å². The maximum Gasteiger partial charge on any atom is 0.226 e. The Labute approximate surface area is 118 Å². The van der Waals surface area contributed by atoms with Crippen molar-refractivity contribution in [2.24, 2.45) is 0 Å². The molecule has 0 bridgehead atoms. The first-order valence-electron chi connectivity index (χ1n) is 6.60. The molecule has 1 aromatic heterocycles. The molecule has 0 unspecified atom stereocenters. The summed E-state index contributed by atoms with van der Waals surface area (Å²) in [4.78, 5) is 11.7. The lowest BCUT2D eigenvalue weighted by atomic mass is 10.2. The van der Waals surface area contributed by atoms with Crippen LogP contribution in [0.4, 0.5) is 4.39 Å². The van der Waals surface area contributed by atoms with E-state index in [2.05, 4.69) is 5.32 Å². The van der Waals surface area contributed by atoms with Gasteiger partial charge in [0.25, 0.3) is 0 Å². The Hall–Kier alpha value is -2.23. The van der Waals surface area contributed by atoms with Crippen LogP contribution in [0, 0.1) is 12.7 Å². The molecule has 0 saturated carbocycles. The zero-order valence-electron chi connectivity index (χ0n) is 11.5. The number of aryl methyl sites for hydroxylation is 2. The highest BCUT2D eigenvalue weighted by Gasteiger charge is 2.06. The molecule has 0 saturated heterocycles. The van der Waals surface area contributed by atoms with E-state index in [1.54, 1.807) is 12.1 Å². The number of carbonyl (C=O) groups is 1. The summed E-state index contributed by atoms with van der Waals surface area (Å²) in [7, 11) is 0. The summed E-state index contributed by atoms with van der Waals surface area (Å²) in [5.74, 6) is -0.279. The number of aromatic nitrogens is 1. The summed E-state index contributed by atoms with van der Waals surface area (Å²) in [6.07, 6.45) is 4.35. The van der Waals surface area contributed by atoms with Gasteiger partial charge in [0, 0.05) is 18.7 Å². The van der Waals surface area contributed by atoms with Crippen LogP contribution in [0.2, 0.25) is 0 Å². The Bertz CT molecular complexity index is 513. The van der Waals surface area contributed by atoms with Gasteiger partial charge in [-0.2, -0.15) is 0 Å². The molecule has 1 aromatic carbocycles. The van der Waals surface area contributed by atoms with Crippen molar-refractivity contribution < 1.29 is 13.8 Å². The van der Waals surface area contributed by atoms with Crippen LogP contribution >= 0.6 is 0 Å². The lowest BCUT2D eigenvalue weighted by molar-refractivity contribution is -0.695. The highest BCUT2D eigenvalue weighted by Crippen LogP contribution is 2.02. The molecule has 104 valence electrons. The largest absolute Gasteiger partial charge is 0.352 e. The number of pyridine rings is 1. The molecule has 1 N–H and O–H groups in total. The lowest BCUT2D eigenvalue weighted by Crippen LogP contribution is -2.36. The van der Waals surface area contributed by atoms with E-state index in [0.29, 0.717) is 19.5 Å². The molecule has 20 heavy (non-hydrogen) atoms. The molecule has 0 aliphatic heterocycles. The molecular formula is C16H18FN2O+. The van der Waals surface area contributed by atoms with Crippen molar-refractivity contribution in [3.63, 3.8) is 0 Å². The molecule has 1 amide bonds. The molecule has 0 fully saturated rings. The minimum absolute atomic E-state index is 0.0117. The third-order valence-electron chi connectivity index (χ3n) is 3.06. The van der Waals surface area contributed by atoms with Crippen molar-refractivity contribution in [1.29, 1.82) is 0 Å². The van der Waals surface area contributed by atoms with Crippen molar-refractivity contribution >= 4 is 5.91 Å². The average Bonchev–Trinajstić information content (AvgIpc) is 2.46. The quantitative estimate of drug-likeness (QED) is 0.832. The second kappa shape index (κ2) is 6.80. The van der Waals surface area contributed by atoms with E-state index in [1.165, 1.54) is 17.7 Å². The molecular weight excluding hydrogens is 255 g/mol. The van der Waals surface area contributed by atoms with E-state index in [4.69, 9.17) is 0 Å². The second-order valence-corrected chi connectivity index (χ2v) is 4.77. The summed E-state index contributed by atoms with van der Waals surface area (Å²) < 4.78 is 14.7. The molecule has 3 nitrogen and oxygen atoms in total. The number of halogens is 1. The van der Waals surface area contributed by atoms with Crippen LogP contribution < -0.4 is 9.88 Å². The lowest BCUT2D eigenvalue weighted by Gasteiger charge is -2.04. The number of hydrogen-bond acceptors (Lipinski definition) is 1. The standard InChI is InChI=1S/C16H17FN2O/c1-13-6-9-19(10-7-13)11-8-16(20)18-12-14-2-4-15(17)5-3-14/h2-7,9-10H,8,11-12H2,1H3/p+1. The fourth-order valence-corrected chi connectivity index (χ4v) is 1.80. The van der Waals surface area contributed by atoms with Crippen LogP contribution in [-0.2, 0) is 17.9 Å². The number of nitrogens with one attached hydrogen (secondary N) is 1. The van der Waals surface area contributed by atoms with Crippen molar-refractivity contribution in [2.45, 2.75) is 26.4 Å². The Morgan fingerprint density at radius 1 is 1.15 bits per heavy atom. The van der Waals surface area contributed by atoms with Crippen molar-refractivity contribution in [3.05, 3.63) is 65.7 Å². The molecule has 2 aromatic rings. The minimum atomic E-state index is -0.268. The minimum Gasteiger partial charge on any atom is -0.352 e. The van der Waals surface area contributed by atoms with Crippen LogP contribution in [0.3, 0.4) is 0 Å². The third kappa shape index (κ3) is 4.46. The number of benzene rings is 1. The van der Waals surface area contributed by atoms with Gasteiger partial charge >= 0.3 is 0 Å². The van der Waals surface area contributed by atoms with Gasteiger partial charge < -0.3 is 5.32 Å². The van der Waals surface area contributed by atoms with E-state index >= 15 is 0 Å². The van der Waals surface area contributed by atoms with Crippen LogP contribution in [0.1, 0.15) is 17.5 Å². The van der Waals surface area contributed by atoms with Crippen LogP contribution in [0.15, 0.2) is 48.8 Å². The first-order chi connectivity index (χ1) is 9.63. The Balaban J connectivity index is 1.75. The Morgan fingerprint density at radius 2 is 1.80 bits per heavy atom. The van der Waals surface area contributed by atoms with E-state index in [0.717, 1.165) is 5.56 Å². The number of carbonyl (C=O) groups excluding carboxylic acids is 1. The van der Waals surface area contributed by atoms with Crippen LogP contribution in [-0.4, -0.2) is 5.91 Å². The first-order valence-corrected chi connectivity index (χ1v) is 6.60. The smallest absolute Gasteiger partial charge is 0.226 e.